The normalized spacial score (nSPS) is 10.2. The number of halogens is 1. The summed E-state index contributed by atoms with van der Waals surface area (Å²) in [6.07, 6.45) is 1.77. The van der Waals surface area contributed by atoms with Gasteiger partial charge in [0, 0.05) is 12.6 Å². The van der Waals surface area contributed by atoms with E-state index in [4.69, 9.17) is 0 Å². The molecule has 2 N–H and O–H groups in total. The number of anilines is 1. The standard InChI is InChI=1S/C12H17FN2O/c1-9(16)15-12-8-11(13)6-5-10(12)4-3-7-14-2/h5-6,8,14H,3-4,7H2,1-2H3,(H,15,16). The molecular formula is C12H17FN2O. The number of carbonyl (C=O) groups is 1. The highest BCUT2D eigenvalue weighted by Crippen LogP contribution is 2.18. The van der Waals surface area contributed by atoms with E-state index in [-0.39, 0.29) is 11.7 Å². The third-order valence-electron chi connectivity index (χ3n) is 2.26. The van der Waals surface area contributed by atoms with Gasteiger partial charge in [0.2, 0.25) is 5.91 Å². The second kappa shape index (κ2) is 6.23. The molecule has 0 aliphatic carbocycles. The maximum atomic E-state index is 13.0. The first kappa shape index (κ1) is 12.6. The highest BCUT2D eigenvalue weighted by Gasteiger charge is 2.05. The maximum Gasteiger partial charge on any atom is 0.221 e. The second-order valence-electron chi connectivity index (χ2n) is 3.69. The van der Waals surface area contributed by atoms with Gasteiger partial charge in [0.15, 0.2) is 0 Å². The van der Waals surface area contributed by atoms with Crippen LogP contribution in [0.15, 0.2) is 18.2 Å². The van der Waals surface area contributed by atoms with E-state index in [1.165, 1.54) is 19.1 Å². The first-order valence-corrected chi connectivity index (χ1v) is 5.34. The van der Waals surface area contributed by atoms with Crippen LogP contribution in [0.25, 0.3) is 0 Å². The molecule has 1 aromatic carbocycles. The van der Waals surface area contributed by atoms with Gasteiger partial charge in [-0.25, -0.2) is 4.39 Å². The summed E-state index contributed by atoms with van der Waals surface area (Å²) in [6.45, 7) is 2.32. The lowest BCUT2D eigenvalue weighted by Crippen LogP contribution is -2.11. The summed E-state index contributed by atoms with van der Waals surface area (Å²) in [7, 11) is 1.89. The lowest BCUT2D eigenvalue weighted by molar-refractivity contribution is -0.114. The highest BCUT2D eigenvalue weighted by atomic mass is 19.1. The quantitative estimate of drug-likeness (QED) is 0.750. The van der Waals surface area contributed by atoms with Crippen LogP contribution in [-0.2, 0) is 11.2 Å². The molecule has 1 amide bonds. The molecule has 0 fully saturated rings. The number of nitrogens with one attached hydrogen (secondary N) is 2. The summed E-state index contributed by atoms with van der Waals surface area (Å²) in [4.78, 5) is 11.0. The molecule has 1 aromatic rings. The van der Waals surface area contributed by atoms with Crippen LogP contribution < -0.4 is 10.6 Å². The Bertz CT molecular complexity index is 366. The molecule has 0 radical (unpaired) electrons. The van der Waals surface area contributed by atoms with Gasteiger partial charge in [-0.1, -0.05) is 6.07 Å². The van der Waals surface area contributed by atoms with Crippen LogP contribution in [0.4, 0.5) is 10.1 Å². The highest BCUT2D eigenvalue weighted by molar-refractivity contribution is 5.89. The summed E-state index contributed by atoms with van der Waals surface area (Å²) in [5.41, 5.74) is 1.54. The monoisotopic (exact) mass is 224 g/mol. The molecule has 0 bridgehead atoms. The SMILES string of the molecule is CNCCCc1ccc(F)cc1NC(C)=O. The molecule has 0 heterocycles. The van der Waals surface area contributed by atoms with E-state index in [0.29, 0.717) is 5.69 Å². The van der Waals surface area contributed by atoms with Gasteiger partial charge in [0.05, 0.1) is 0 Å². The van der Waals surface area contributed by atoms with Gasteiger partial charge < -0.3 is 10.6 Å². The summed E-state index contributed by atoms with van der Waals surface area (Å²) in [5.74, 6) is -0.512. The smallest absolute Gasteiger partial charge is 0.221 e. The van der Waals surface area contributed by atoms with Crippen molar-refractivity contribution < 1.29 is 9.18 Å². The molecule has 0 saturated carbocycles. The largest absolute Gasteiger partial charge is 0.326 e. The van der Waals surface area contributed by atoms with Crippen molar-refractivity contribution in [2.45, 2.75) is 19.8 Å². The summed E-state index contributed by atoms with van der Waals surface area (Å²) >= 11 is 0. The Morgan fingerprint density at radius 3 is 2.81 bits per heavy atom. The average Bonchev–Trinajstić information content (AvgIpc) is 2.20. The van der Waals surface area contributed by atoms with Crippen molar-refractivity contribution in [1.82, 2.24) is 5.32 Å². The maximum absolute atomic E-state index is 13.0. The zero-order valence-electron chi connectivity index (χ0n) is 9.64. The Morgan fingerprint density at radius 1 is 1.44 bits per heavy atom. The first-order chi connectivity index (χ1) is 7.63. The molecular weight excluding hydrogens is 207 g/mol. The van der Waals surface area contributed by atoms with E-state index >= 15 is 0 Å². The summed E-state index contributed by atoms with van der Waals surface area (Å²) in [6, 6.07) is 4.49. The van der Waals surface area contributed by atoms with E-state index < -0.39 is 0 Å². The fourth-order valence-electron chi connectivity index (χ4n) is 1.53. The van der Waals surface area contributed by atoms with Crippen LogP contribution in [-0.4, -0.2) is 19.5 Å². The minimum atomic E-state index is -0.332. The molecule has 4 heteroatoms. The fraction of sp³-hybridized carbons (Fsp3) is 0.417. The molecule has 1 rings (SSSR count). The predicted molar refractivity (Wildman–Crippen MR) is 63.0 cm³/mol. The average molecular weight is 224 g/mol. The van der Waals surface area contributed by atoms with Crippen LogP contribution in [0.3, 0.4) is 0 Å². The number of hydrogen-bond acceptors (Lipinski definition) is 2. The van der Waals surface area contributed by atoms with Crippen LogP contribution in [0.2, 0.25) is 0 Å². The van der Waals surface area contributed by atoms with Gasteiger partial charge in [-0.15, -0.1) is 0 Å². The number of aryl methyl sites for hydroxylation is 1. The van der Waals surface area contributed by atoms with Crippen LogP contribution in [0, 0.1) is 5.82 Å². The molecule has 3 nitrogen and oxygen atoms in total. The van der Waals surface area contributed by atoms with Crippen molar-refractivity contribution in [2.75, 3.05) is 18.9 Å². The van der Waals surface area contributed by atoms with Crippen molar-refractivity contribution in [1.29, 1.82) is 0 Å². The van der Waals surface area contributed by atoms with Crippen molar-refractivity contribution in [3.8, 4) is 0 Å². The zero-order chi connectivity index (χ0) is 12.0. The Hall–Kier alpha value is -1.42. The molecule has 0 unspecified atom stereocenters. The Kier molecular flexibility index (Phi) is 4.92. The van der Waals surface area contributed by atoms with E-state index in [2.05, 4.69) is 10.6 Å². The van der Waals surface area contributed by atoms with E-state index in [0.717, 1.165) is 24.9 Å². The fourth-order valence-corrected chi connectivity index (χ4v) is 1.53. The lowest BCUT2D eigenvalue weighted by Gasteiger charge is -2.09. The number of hydrogen-bond donors (Lipinski definition) is 2. The Morgan fingerprint density at radius 2 is 2.19 bits per heavy atom. The van der Waals surface area contributed by atoms with E-state index in [1.807, 2.05) is 7.05 Å². The van der Waals surface area contributed by atoms with Gasteiger partial charge in [-0.05, 0) is 44.1 Å². The molecule has 0 spiro atoms. The minimum absolute atomic E-state index is 0.180. The molecule has 0 aliphatic heterocycles. The van der Waals surface area contributed by atoms with Crippen LogP contribution in [0.1, 0.15) is 18.9 Å². The van der Waals surface area contributed by atoms with Gasteiger partial charge in [0.25, 0.3) is 0 Å². The number of amides is 1. The van der Waals surface area contributed by atoms with Crippen LogP contribution in [0.5, 0.6) is 0 Å². The molecule has 16 heavy (non-hydrogen) atoms. The molecule has 0 aromatic heterocycles. The van der Waals surface area contributed by atoms with E-state index in [1.54, 1.807) is 6.07 Å². The topological polar surface area (TPSA) is 41.1 Å². The number of carbonyl (C=O) groups excluding carboxylic acids is 1. The van der Waals surface area contributed by atoms with Gasteiger partial charge >= 0.3 is 0 Å². The third kappa shape index (κ3) is 3.98. The summed E-state index contributed by atoms with van der Waals surface area (Å²) < 4.78 is 13.0. The Labute approximate surface area is 95.0 Å². The third-order valence-corrected chi connectivity index (χ3v) is 2.26. The molecule has 0 aliphatic rings. The second-order valence-corrected chi connectivity index (χ2v) is 3.69. The molecule has 0 atom stereocenters. The van der Waals surface area contributed by atoms with Gasteiger partial charge in [-0.3, -0.25) is 4.79 Å². The van der Waals surface area contributed by atoms with E-state index in [9.17, 15) is 9.18 Å². The number of benzene rings is 1. The minimum Gasteiger partial charge on any atom is -0.326 e. The first-order valence-electron chi connectivity index (χ1n) is 5.34. The van der Waals surface area contributed by atoms with Crippen molar-refractivity contribution >= 4 is 11.6 Å². The van der Waals surface area contributed by atoms with Gasteiger partial charge in [0.1, 0.15) is 5.82 Å². The van der Waals surface area contributed by atoms with Crippen molar-refractivity contribution in [2.24, 2.45) is 0 Å². The van der Waals surface area contributed by atoms with Crippen molar-refractivity contribution in [3.05, 3.63) is 29.6 Å². The zero-order valence-corrected chi connectivity index (χ0v) is 9.64. The predicted octanol–water partition coefficient (Wildman–Crippen LogP) is 1.94. The van der Waals surface area contributed by atoms with Crippen LogP contribution >= 0.6 is 0 Å². The Balaban J connectivity index is 2.76. The number of rotatable bonds is 5. The molecule has 88 valence electrons. The lowest BCUT2D eigenvalue weighted by atomic mass is 10.1. The van der Waals surface area contributed by atoms with Gasteiger partial charge in [-0.2, -0.15) is 0 Å². The van der Waals surface area contributed by atoms with Crippen molar-refractivity contribution in [3.63, 3.8) is 0 Å². The summed E-state index contributed by atoms with van der Waals surface area (Å²) in [5, 5.41) is 5.69. The molecule has 0 saturated heterocycles.